The van der Waals surface area contributed by atoms with Crippen molar-refractivity contribution in [3.05, 3.63) is 178 Å². The van der Waals surface area contributed by atoms with Crippen LogP contribution in [0.15, 0.2) is 161 Å². The van der Waals surface area contributed by atoms with E-state index in [-0.39, 0.29) is 10.9 Å². The minimum atomic E-state index is -0.0791. The van der Waals surface area contributed by atoms with Crippen LogP contribution in [-0.2, 0) is 0 Å². The van der Waals surface area contributed by atoms with Gasteiger partial charge in [0, 0.05) is 38.6 Å². The van der Waals surface area contributed by atoms with Crippen LogP contribution in [0.4, 0.5) is 17.1 Å². The molecule has 7 aromatic carbocycles. The van der Waals surface area contributed by atoms with Crippen LogP contribution in [0.2, 0.25) is 0 Å². The van der Waals surface area contributed by atoms with E-state index in [9.17, 15) is 9.59 Å². The second-order valence-corrected chi connectivity index (χ2v) is 12.2. The monoisotopic (exact) mass is 604 g/mol. The molecular weight excluding hydrogens is 576 g/mol. The maximum Gasteiger partial charge on any atom is 0.197 e. The Morgan fingerprint density at radius 2 is 1.06 bits per heavy atom. The van der Waals surface area contributed by atoms with Crippen LogP contribution in [0.3, 0.4) is 0 Å². The Kier molecular flexibility index (Phi) is 5.99. The molecule has 0 spiro atoms. The van der Waals surface area contributed by atoms with Gasteiger partial charge in [0.15, 0.2) is 10.9 Å². The van der Waals surface area contributed by atoms with E-state index in [1.807, 2.05) is 73.7 Å². The Morgan fingerprint density at radius 3 is 1.85 bits per heavy atom. The summed E-state index contributed by atoms with van der Waals surface area (Å²) >= 11 is 0. The fourth-order valence-electron chi connectivity index (χ4n) is 7.22. The number of aromatic nitrogens is 1. The van der Waals surface area contributed by atoms with E-state index < -0.39 is 0 Å². The number of hydrogen-bond donors (Lipinski definition) is 0. The molecule has 2 heterocycles. The Labute approximate surface area is 270 Å². The molecule has 0 fully saturated rings. The Morgan fingerprint density at radius 1 is 0.468 bits per heavy atom. The number of benzene rings is 7. The number of fused-ring (bicyclic) bond motifs is 5. The zero-order valence-corrected chi connectivity index (χ0v) is 25.6. The highest BCUT2D eigenvalue weighted by atomic mass is 16.1. The van der Waals surface area contributed by atoms with Gasteiger partial charge in [-0.05, 0) is 101 Å². The molecule has 0 radical (unpaired) electrons. The molecule has 0 aliphatic carbocycles. The van der Waals surface area contributed by atoms with Gasteiger partial charge < -0.3 is 9.30 Å². The van der Waals surface area contributed by atoms with E-state index in [1.165, 1.54) is 16.3 Å². The molecule has 9 rings (SSSR count). The Hall–Kier alpha value is -6.26. The second kappa shape index (κ2) is 10.4. The lowest BCUT2D eigenvalue weighted by Gasteiger charge is -2.26. The zero-order valence-electron chi connectivity index (χ0n) is 25.6. The number of anilines is 3. The number of nitrogens with zero attached hydrogens (tertiary/aromatic N) is 2. The predicted octanol–water partition coefficient (Wildman–Crippen LogP) is 10.2. The average Bonchev–Trinajstić information content (AvgIpc) is 3.12. The van der Waals surface area contributed by atoms with Gasteiger partial charge in [-0.1, -0.05) is 84.9 Å². The lowest BCUT2D eigenvalue weighted by Crippen LogP contribution is -2.15. The Balaban J connectivity index is 1.28. The third-order valence-electron chi connectivity index (χ3n) is 9.32. The summed E-state index contributed by atoms with van der Waals surface area (Å²) < 4.78 is 2.09. The summed E-state index contributed by atoms with van der Waals surface area (Å²) in [5.41, 5.74) is 8.17. The first-order chi connectivity index (χ1) is 23.1. The number of rotatable bonds is 4. The molecule has 9 aromatic rings. The molecule has 4 nitrogen and oxygen atoms in total. The standard InChI is InChI=1S/C43H28N2O2/c1-27-24-37-41-38(25-27)43(47)36-26-32(22-23-40(36)45(41)39-17-8-7-15-35(39)42(37)46)44(30-12-3-2-4-13-30)31-20-18-29(19-21-31)34-16-9-11-28-10-5-6-14-33(28)34/h2-26H,1H3. The smallest absolute Gasteiger partial charge is 0.197 e. The van der Waals surface area contributed by atoms with E-state index in [4.69, 9.17) is 0 Å². The number of pyridine rings is 2. The van der Waals surface area contributed by atoms with Gasteiger partial charge in [0.25, 0.3) is 0 Å². The fourth-order valence-corrected chi connectivity index (χ4v) is 7.22. The number of aryl methyl sites for hydroxylation is 1. The zero-order chi connectivity index (χ0) is 31.6. The van der Waals surface area contributed by atoms with Crippen LogP contribution < -0.4 is 15.8 Å². The Bertz CT molecular complexity index is 2780. The maximum atomic E-state index is 14.3. The molecule has 2 aromatic heterocycles. The predicted molar refractivity (Wildman–Crippen MR) is 196 cm³/mol. The minimum absolute atomic E-state index is 0.0492. The van der Waals surface area contributed by atoms with Crippen LogP contribution in [0.25, 0.3) is 60.0 Å². The normalized spacial score (nSPS) is 11.7. The van der Waals surface area contributed by atoms with Gasteiger partial charge in [-0.2, -0.15) is 0 Å². The molecule has 0 aliphatic rings. The molecule has 4 heteroatoms. The largest absolute Gasteiger partial charge is 0.310 e. The van der Waals surface area contributed by atoms with Crippen molar-refractivity contribution in [3.8, 4) is 11.1 Å². The van der Waals surface area contributed by atoms with Gasteiger partial charge in [-0.25, -0.2) is 0 Å². The first kappa shape index (κ1) is 27.1. The van der Waals surface area contributed by atoms with Crippen LogP contribution in [0.5, 0.6) is 0 Å². The van der Waals surface area contributed by atoms with Crippen molar-refractivity contribution in [3.63, 3.8) is 0 Å². The fraction of sp³-hybridized carbons (Fsp3) is 0.0233. The molecule has 0 N–H and O–H groups in total. The van der Waals surface area contributed by atoms with Crippen molar-refractivity contribution >= 4 is 65.9 Å². The van der Waals surface area contributed by atoms with Crippen molar-refractivity contribution < 1.29 is 0 Å². The van der Waals surface area contributed by atoms with E-state index in [2.05, 4.69) is 94.2 Å². The molecule has 0 bridgehead atoms. The van der Waals surface area contributed by atoms with Crippen LogP contribution >= 0.6 is 0 Å². The van der Waals surface area contributed by atoms with Gasteiger partial charge in [0.05, 0.1) is 16.6 Å². The summed E-state index contributed by atoms with van der Waals surface area (Å²) in [5, 5.41) is 4.79. The molecule has 0 atom stereocenters. The highest BCUT2D eigenvalue weighted by molar-refractivity contribution is 6.08. The number of para-hydroxylation sites is 2. The van der Waals surface area contributed by atoms with Crippen molar-refractivity contribution in [2.24, 2.45) is 0 Å². The van der Waals surface area contributed by atoms with Gasteiger partial charge in [-0.3, -0.25) is 9.59 Å². The highest BCUT2D eigenvalue weighted by Gasteiger charge is 2.20. The third-order valence-corrected chi connectivity index (χ3v) is 9.32. The van der Waals surface area contributed by atoms with E-state index in [1.54, 1.807) is 0 Å². The van der Waals surface area contributed by atoms with E-state index in [0.717, 1.165) is 39.2 Å². The summed E-state index contributed by atoms with van der Waals surface area (Å²) in [7, 11) is 0. The molecule has 222 valence electrons. The van der Waals surface area contributed by atoms with Gasteiger partial charge in [0.2, 0.25) is 0 Å². The summed E-state index contributed by atoms with van der Waals surface area (Å²) in [4.78, 5) is 30.1. The minimum Gasteiger partial charge on any atom is -0.310 e. The van der Waals surface area contributed by atoms with Crippen LogP contribution in [0, 0.1) is 6.92 Å². The lowest BCUT2D eigenvalue weighted by atomic mass is 9.98. The lowest BCUT2D eigenvalue weighted by molar-refractivity contribution is 1.27. The van der Waals surface area contributed by atoms with Gasteiger partial charge in [-0.15, -0.1) is 0 Å². The van der Waals surface area contributed by atoms with Crippen LogP contribution in [0.1, 0.15) is 5.56 Å². The summed E-state index contributed by atoms with van der Waals surface area (Å²) in [5.74, 6) is 0. The molecule has 0 aliphatic heterocycles. The highest BCUT2D eigenvalue weighted by Crippen LogP contribution is 2.38. The SMILES string of the molecule is Cc1cc2c(=O)c3ccccc3n3c4ccc(N(c5ccccc5)c5ccc(-c6cccc7ccccc67)cc5)cc4c(=O)c(c1)c23. The molecule has 0 saturated heterocycles. The second-order valence-electron chi connectivity index (χ2n) is 12.2. The third kappa shape index (κ3) is 4.15. The average molecular weight is 605 g/mol. The van der Waals surface area contributed by atoms with Gasteiger partial charge in [0.1, 0.15) is 0 Å². The van der Waals surface area contributed by atoms with Crippen molar-refractivity contribution in [2.45, 2.75) is 6.92 Å². The number of hydrogen-bond acceptors (Lipinski definition) is 3. The van der Waals surface area contributed by atoms with Gasteiger partial charge >= 0.3 is 0 Å². The molecular formula is C43H28N2O2. The first-order valence-corrected chi connectivity index (χ1v) is 15.8. The molecule has 0 saturated carbocycles. The first-order valence-electron chi connectivity index (χ1n) is 15.8. The summed E-state index contributed by atoms with van der Waals surface area (Å²) in [6.07, 6.45) is 0. The summed E-state index contributed by atoms with van der Waals surface area (Å²) in [6, 6.07) is 51.2. The topological polar surface area (TPSA) is 41.8 Å². The van der Waals surface area contributed by atoms with Crippen LogP contribution in [-0.4, -0.2) is 4.40 Å². The molecule has 0 unspecified atom stereocenters. The van der Waals surface area contributed by atoms with Crippen molar-refractivity contribution in [1.82, 2.24) is 4.40 Å². The summed E-state index contributed by atoms with van der Waals surface area (Å²) in [6.45, 7) is 1.94. The molecule has 47 heavy (non-hydrogen) atoms. The van der Waals surface area contributed by atoms with Crippen molar-refractivity contribution in [1.29, 1.82) is 0 Å². The van der Waals surface area contributed by atoms with E-state index >= 15 is 0 Å². The quantitative estimate of drug-likeness (QED) is 0.148. The van der Waals surface area contributed by atoms with Crippen molar-refractivity contribution in [2.75, 3.05) is 4.90 Å². The maximum absolute atomic E-state index is 14.3. The molecule has 0 amide bonds. The van der Waals surface area contributed by atoms with E-state index in [0.29, 0.717) is 27.1 Å².